The summed E-state index contributed by atoms with van der Waals surface area (Å²) in [5, 5.41) is 0. The molecule has 3 heterocycles. The van der Waals surface area contributed by atoms with Gasteiger partial charge in [0.05, 0.1) is 0 Å². The molecule has 4 nitrogen and oxygen atoms in total. The molecular formula is C19H32N4. The van der Waals surface area contributed by atoms with E-state index in [1.165, 1.54) is 50.9 Å². The number of nitrogens with zero attached hydrogens (tertiary/aromatic N) is 4. The van der Waals surface area contributed by atoms with Crippen molar-refractivity contribution in [2.45, 2.75) is 71.4 Å². The summed E-state index contributed by atoms with van der Waals surface area (Å²) >= 11 is 0. The normalized spacial score (nSPS) is 24.6. The molecule has 2 unspecified atom stereocenters. The number of rotatable bonds is 7. The van der Waals surface area contributed by atoms with Gasteiger partial charge in [-0.05, 0) is 44.2 Å². The van der Waals surface area contributed by atoms with Gasteiger partial charge in [-0.2, -0.15) is 0 Å². The van der Waals surface area contributed by atoms with Crippen LogP contribution in [0, 0.1) is 5.92 Å². The maximum atomic E-state index is 4.90. The number of aromatic nitrogens is 2. The molecule has 0 aromatic carbocycles. The highest BCUT2D eigenvalue weighted by Gasteiger charge is 2.40. The molecule has 23 heavy (non-hydrogen) atoms. The van der Waals surface area contributed by atoms with Gasteiger partial charge in [0, 0.05) is 37.1 Å². The van der Waals surface area contributed by atoms with Crippen LogP contribution in [0.2, 0.25) is 0 Å². The lowest BCUT2D eigenvalue weighted by Crippen LogP contribution is -2.54. The van der Waals surface area contributed by atoms with E-state index in [0.717, 1.165) is 24.8 Å². The minimum Gasteiger partial charge on any atom is -0.332 e. The SMILES string of the molecule is CCN1CC2CCC(C1)N2c1nccc(CCCCC(C)C)n1. The van der Waals surface area contributed by atoms with Crippen LogP contribution in [-0.4, -0.2) is 46.6 Å². The molecule has 0 N–H and O–H groups in total. The van der Waals surface area contributed by atoms with Crippen LogP contribution in [-0.2, 0) is 6.42 Å². The highest BCUT2D eigenvalue weighted by Crippen LogP contribution is 2.32. The second kappa shape index (κ2) is 7.61. The zero-order chi connectivity index (χ0) is 16.2. The number of likely N-dealkylation sites (N-methyl/N-ethyl adjacent to an activating group) is 1. The van der Waals surface area contributed by atoms with Gasteiger partial charge >= 0.3 is 0 Å². The molecule has 0 aliphatic carbocycles. The highest BCUT2D eigenvalue weighted by atomic mass is 15.4. The van der Waals surface area contributed by atoms with Crippen molar-refractivity contribution in [2.75, 3.05) is 24.5 Å². The van der Waals surface area contributed by atoms with Gasteiger partial charge in [0.15, 0.2) is 0 Å². The Morgan fingerprint density at radius 3 is 2.57 bits per heavy atom. The maximum Gasteiger partial charge on any atom is 0.226 e. The van der Waals surface area contributed by atoms with E-state index in [4.69, 9.17) is 4.98 Å². The summed E-state index contributed by atoms with van der Waals surface area (Å²) in [5.41, 5.74) is 1.22. The zero-order valence-electron chi connectivity index (χ0n) is 15.0. The van der Waals surface area contributed by atoms with Crippen LogP contribution < -0.4 is 4.90 Å². The van der Waals surface area contributed by atoms with Crippen molar-refractivity contribution >= 4 is 5.95 Å². The molecule has 2 bridgehead atoms. The third-order valence-corrected chi connectivity index (χ3v) is 5.40. The molecule has 0 saturated carbocycles. The minimum absolute atomic E-state index is 0.616. The fourth-order valence-corrected chi connectivity index (χ4v) is 4.08. The van der Waals surface area contributed by atoms with E-state index in [0.29, 0.717) is 12.1 Å². The van der Waals surface area contributed by atoms with Crippen molar-refractivity contribution in [1.82, 2.24) is 14.9 Å². The number of likely N-dealkylation sites (tertiary alicyclic amines) is 1. The molecule has 0 spiro atoms. The summed E-state index contributed by atoms with van der Waals surface area (Å²) < 4.78 is 0. The molecule has 1 aromatic heterocycles. The van der Waals surface area contributed by atoms with Crippen LogP contribution in [0.3, 0.4) is 0 Å². The topological polar surface area (TPSA) is 32.3 Å². The van der Waals surface area contributed by atoms with Gasteiger partial charge in [-0.3, -0.25) is 4.90 Å². The Morgan fingerprint density at radius 2 is 1.91 bits per heavy atom. The summed E-state index contributed by atoms with van der Waals surface area (Å²) in [5.74, 6) is 1.79. The van der Waals surface area contributed by atoms with Crippen LogP contribution in [0.25, 0.3) is 0 Å². The average molecular weight is 316 g/mol. The standard InChI is InChI=1S/C19H32N4/c1-4-22-13-17-9-10-18(14-22)23(17)19-20-12-11-16(21-19)8-6-5-7-15(2)3/h11-12,15,17-18H,4-10,13-14H2,1-3H3. The number of hydrogen-bond acceptors (Lipinski definition) is 4. The van der Waals surface area contributed by atoms with Gasteiger partial charge in [0.1, 0.15) is 0 Å². The zero-order valence-corrected chi connectivity index (χ0v) is 15.0. The van der Waals surface area contributed by atoms with Gasteiger partial charge < -0.3 is 4.90 Å². The first-order chi connectivity index (χ1) is 11.2. The lowest BCUT2D eigenvalue weighted by molar-refractivity contribution is 0.228. The molecule has 3 rings (SSSR count). The van der Waals surface area contributed by atoms with Gasteiger partial charge in [-0.15, -0.1) is 0 Å². The van der Waals surface area contributed by atoms with Crippen molar-refractivity contribution < 1.29 is 0 Å². The molecule has 2 saturated heterocycles. The molecule has 0 amide bonds. The highest BCUT2D eigenvalue weighted by molar-refractivity contribution is 5.38. The lowest BCUT2D eigenvalue weighted by atomic mass is 10.0. The van der Waals surface area contributed by atoms with Gasteiger partial charge in [0.2, 0.25) is 5.95 Å². The maximum absolute atomic E-state index is 4.90. The number of fused-ring (bicyclic) bond motifs is 2. The molecular weight excluding hydrogens is 284 g/mol. The first-order valence-corrected chi connectivity index (χ1v) is 9.50. The van der Waals surface area contributed by atoms with Crippen molar-refractivity contribution in [1.29, 1.82) is 0 Å². The molecule has 4 heteroatoms. The average Bonchev–Trinajstić information content (AvgIpc) is 2.82. The van der Waals surface area contributed by atoms with Crippen LogP contribution in [0.5, 0.6) is 0 Å². The van der Waals surface area contributed by atoms with Crippen molar-refractivity contribution in [3.63, 3.8) is 0 Å². The molecule has 2 fully saturated rings. The van der Waals surface area contributed by atoms with E-state index < -0.39 is 0 Å². The Labute approximate surface area is 141 Å². The van der Waals surface area contributed by atoms with Crippen molar-refractivity contribution in [2.24, 2.45) is 5.92 Å². The van der Waals surface area contributed by atoms with Gasteiger partial charge in [-0.1, -0.05) is 33.6 Å². The monoisotopic (exact) mass is 316 g/mol. The smallest absolute Gasteiger partial charge is 0.226 e. The molecule has 2 atom stereocenters. The van der Waals surface area contributed by atoms with Crippen LogP contribution in [0.1, 0.15) is 58.6 Å². The summed E-state index contributed by atoms with van der Waals surface area (Å²) in [7, 11) is 0. The number of piperazine rings is 1. The molecule has 1 aromatic rings. The van der Waals surface area contributed by atoms with Gasteiger partial charge in [-0.25, -0.2) is 9.97 Å². The second-order valence-corrected chi connectivity index (χ2v) is 7.63. The predicted octanol–water partition coefficient (Wildman–Crippen LogP) is 3.52. The van der Waals surface area contributed by atoms with Crippen LogP contribution >= 0.6 is 0 Å². The van der Waals surface area contributed by atoms with Crippen LogP contribution in [0.15, 0.2) is 12.3 Å². The minimum atomic E-state index is 0.616. The van der Waals surface area contributed by atoms with E-state index in [-0.39, 0.29) is 0 Å². The quantitative estimate of drug-likeness (QED) is 0.721. The van der Waals surface area contributed by atoms with E-state index in [1.54, 1.807) is 0 Å². The Balaban J connectivity index is 1.61. The van der Waals surface area contributed by atoms with E-state index >= 15 is 0 Å². The summed E-state index contributed by atoms with van der Waals surface area (Å²) in [4.78, 5) is 14.6. The fraction of sp³-hybridized carbons (Fsp3) is 0.789. The Bertz CT molecular complexity index is 488. The first kappa shape index (κ1) is 16.7. The molecule has 128 valence electrons. The Kier molecular flexibility index (Phi) is 5.52. The van der Waals surface area contributed by atoms with Crippen LogP contribution in [0.4, 0.5) is 5.95 Å². The molecule has 0 radical (unpaired) electrons. The van der Waals surface area contributed by atoms with Crippen molar-refractivity contribution in [3.8, 4) is 0 Å². The lowest BCUT2D eigenvalue weighted by Gasteiger charge is -2.40. The summed E-state index contributed by atoms with van der Waals surface area (Å²) in [6.07, 6.45) is 9.51. The predicted molar refractivity (Wildman–Crippen MR) is 95.8 cm³/mol. The second-order valence-electron chi connectivity index (χ2n) is 7.63. The Morgan fingerprint density at radius 1 is 1.17 bits per heavy atom. The summed E-state index contributed by atoms with van der Waals surface area (Å²) in [6.45, 7) is 10.4. The van der Waals surface area contributed by atoms with E-state index in [1.807, 2.05) is 6.20 Å². The largest absolute Gasteiger partial charge is 0.332 e. The Hall–Kier alpha value is -1.16. The fourth-order valence-electron chi connectivity index (χ4n) is 4.08. The number of anilines is 1. The van der Waals surface area contributed by atoms with Gasteiger partial charge in [0.25, 0.3) is 0 Å². The molecule has 2 aliphatic heterocycles. The number of unbranched alkanes of at least 4 members (excludes halogenated alkanes) is 1. The molecule has 2 aliphatic rings. The van der Waals surface area contributed by atoms with Crippen molar-refractivity contribution in [3.05, 3.63) is 18.0 Å². The third-order valence-electron chi connectivity index (χ3n) is 5.40. The number of hydrogen-bond donors (Lipinski definition) is 0. The number of aryl methyl sites for hydroxylation is 1. The van der Waals surface area contributed by atoms with E-state index in [2.05, 4.69) is 41.6 Å². The summed E-state index contributed by atoms with van der Waals surface area (Å²) in [6, 6.07) is 3.33. The van der Waals surface area contributed by atoms with E-state index in [9.17, 15) is 0 Å². The third kappa shape index (κ3) is 4.03. The first-order valence-electron chi connectivity index (χ1n) is 9.50.